The third kappa shape index (κ3) is 3.80. The highest BCUT2D eigenvalue weighted by Crippen LogP contribution is 2.15. The van der Waals surface area contributed by atoms with Crippen molar-refractivity contribution in [1.29, 1.82) is 0 Å². The van der Waals surface area contributed by atoms with Gasteiger partial charge in [0, 0.05) is 19.1 Å². The first-order chi connectivity index (χ1) is 7.00. The van der Waals surface area contributed by atoms with Gasteiger partial charge in [-0.25, -0.2) is 4.79 Å². The molecule has 0 bridgehead atoms. The van der Waals surface area contributed by atoms with Gasteiger partial charge < -0.3 is 9.84 Å². The van der Waals surface area contributed by atoms with Crippen LogP contribution in [0, 0.1) is 5.92 Å². The van der Waals surface area contributed by atoms with Crippen molar-refractivity contribution in [3.63, 3.8) is 0 Å². The van der Waals surface area contributed by atoms with Crippen molar-refractivity contribution in [3.8, 4) is 0 Å². The zero-order valence-electron chi connectivity index (χ0n) is 9.77. The van der Waals surface area contributed by atoms with Crippen LogP contribution in [0.25, 0.3) is 0 Å². The Kier molecular flexibility index (Phi) is 4.54. The fourth-order valence-corrected chi connectivity index (χ4v) is 2.05. The van der Waals surface area contributed by atoms with Gasteiger partial charge in [-0.05, 0) is 19.3 Å². The van der Waals surface area contributed by atoms with Crippen molar-refractivity contribution >= 4 is 5.97 Å². The van der Waals surface area contributed by atoms with E-state index in [-0.39, 0.29) is 0 Å². The Morgan fingerprint density at radius 1 is 1.53 bits per heavy atom. The number of hydrogen-bond donors (Lipinski definition) is 1. The Bertz CT molecular complexity index is 218. The molecule has 0 aromatic heterocycles. The van der Waals surface area contributed by atoms with Crippen LogP contribution in [0.3, 0.4) is 0 Å². The van der Waals surface area contributed by atoms with E-state index in [0.717, 1.165) is 13.0 Å². The lowest BCUT2D eigenvalue weighted by molar-refractivity contribution is -0.157. The SMILES string of the molecule is CC(C)CC(C)N1CCOC(C(=O)O)C1. The van der Waals surface area contributed by atoms with Gasteiger partial charge >= 0.3 is 5.97 Å². The molecular weight excluding hydrogens is 194 g/mol. The summed E-state index contributed by atoms with van der Waals surface area (Å²) in [5.74, 6) is -0.206. The lowest BCUT2D eigenvalue weighted by atomic mass is 10.0. The van der Waals surface area contributed by atoms with E-state index < -0.39 is 12.1 Å². The second-order valence-corrected chi connectivity index (χ2v) is 4.67. The number of hydrogen-bond acceptors (Lipinski definition) is 3. The predicted octanol–water partition coefficient (Wildman–Crippen LogP) is 1.21. The number of ether oxygens (including phenoxy) is 1. The molecule has 1 aliphatic rings. The molecule has 1 heterocycles. The second kappa shape index (κ2) is 5.47. The van der Waals surface area contributed by atoms with E-state index in [2.05, 4.69) is 25.7 Å². The van der Waals surface area contributed by atoms with Gasteiger partial charge in [-0.3, -0.25) is 4.90 Å². The number of nitrogens with zero attached hydrogens (tertiary/aromatic N) is 1. The van der Waals surface area contributed by atoms with Gasteiger partial charge in [0.25, 0.3) is 0 Å². The van der Waals surface area contributed by atoms with Gasteiger partial charge in [-0.15, -0.1) is 0 Å². The zero-order valence-corrected chi connectivity index (χ0v) is 9.77. The molecule has 1 N–H and O–H groups in total. The van der Waals surface area contributed by atoms with Crippen molar-refractivity contribution in [3.05, 3.63) is 0 Å². The molecule has 0 radical (unpaired) electrons. The Morgan fingerprint density at radius 3 is 2.73 bits per heavy atom. The van der Waals surface area contributed by atoms with E-state index in [0.29, 0.717) is 25.1 Å². The number of carboxylic acids is 1. The number of rotatable bonds is 4. The van der Waals surface area contributed by atoms with Gasteiger partial charge in [0.05, 0.1) is 6.61 Å². The van der Waals surface area contributed by atoms with Crippen molar-refractivity contribution in [1.82, 2.24) is 4.90 Å². The van der Waals surface area contributed by atoms with E-state index in [4.69, 9.17) is 9.84 Å². The lowest BCUT2D eigenvalue weighted by Gasteiger charge is -2.35. The van der Waals surface area contributed by atoms with E-state index >= 15 is 0 Å². The standard InChI is InChI=1S/C11H21NO3/c1-8(2)6-9(3)12-4-5-15-10(7-12)11(13)14/h8-10H,4-7H2,1-3H3,(H,13,14). The van der Waals surface area contributed by atoms with Crippen LogP contribution in [-0.4, -0.2) is 47.8 Å². The monoisotopic (exact) mass is 215 g/mol. The maximum absolute atomic E-state index is 10.8. The van der Waals surface area contributed by atoms with E-state index in [9.17, 15) is 4.79 Å². The largest absolute Gasteiger partial charge is 0.479 e. The van der Waals surface area contributed by atoms with Gasteiger partial charge in [-0.1, -0.05) is 13.8 Å². The molecule has 2 atom stereocenters. The van der Waals surface area contributed by atoms with Crippen LogP contribution in [0.1, 0.15) is 27.2 Å². The summed E-state index contributed by atoms with van der Waals surface area (Å²) in [6.45, 7) is 8.42. The molecule has 0 aliphatic carbocycles. The molecule has 1 rings (SSSR count). The van der Waals surface area contributed by atoms with Crippen LogP contribution < -0.4 is 0 Å². The first kappa shape index (κ1) is 12.5. The van der Waals surface area contributed by atoms with Gasteiger partial charge in [0.1, 0.15) is 0 Å². The minimum Gasteiger partial charge on any atom is -0.479 e. The molecule has 1 saturated heterocycles. The lowest BCUT2D eigenvalue weighted by Crippen LogP contribution is -2.49. The Morgan fingerprint density at radius 2 is 2.20 bits per heavy atom. The number of carboxylic acid groups (broad SMARTS) is 1. The molecule has 2 unspecified atom stereocenters. The van der Waals surface area contributed by atoms with Crippen molar-refractivity contribution in [2.24, 2.45) is 5.92 Å². The molecule has 0 saturated carbocycles. The average molecular weight is 215 g/mol. The number of morpholine rings is 1. The maximum Gasteiger partial charge on any atom is 0.334 e. The van der Waals surface area contributed by atoms with Crippen LogP contribution in [0.2, 0.25) is 0 Å². The van der Waals surface area contributed by atoms with Crippen LogP contribution in [0.15, 0.2) is 0 Å². The summed E-state index contributed by atoms with van der Waals surface area (Å²) in [6, 6.07) is 0.441. The smallest absolute Gasteiger partial charge is 0.334 e. The fraction of sp³-hybridized carbons (Fsp3) is 0.909. The summed E-state index contributed by atoms with van der Waals surface area (Å²) < 4.78 is 5.18. The van der Waals surface area contributed by atoms with Crippen molar-refractivity contribution in [2.75, 3.05) is 19.7 Å². The molecule has 4 nitrogen and oxygen atoms in total. The van der Waals surface area contributed by atoms with E-state index in [1.54, 1.807) is 0 Å². The molecule has 1 aliphatic heterocycles. The van der Waals surface area contributed by atoms with Gasteiger partial charge in [-0.2, -0.15) is 0 Å². The Hall–Kier alpha value is -0.610. The minimum absolute atomic E-state index is 0.441. The Balaban J connectivity index is 2.44. The van der Waals surface area contributed by atoms with Gasteiger partial charge in [0.2, 0.25) is 0 Å². The normalized spacial score (nSPS) is 25.5. The molecule has 15 heavy (non-hydrogen) atoms. The Labute approximate surface area is 91.2 Å². The van der Waals surface area contributed by atoms with Crippen molar-refractivity contribution < 1.29 is 14.6 Å². The number of carbonyl (C=O) groups is 1. The molecule has 0 aromatic rings. The second-order valence-electron chi connectivity index (χ2n) is 4.67. The molecule has 1 fully saturated rings. The zero-order chi connectivity index (χ0) is 11.4. The number of aliphatic carboxylic acids is 1. The van der Waals surface area contributed by atoms with Crippen LogP contribution in [0.4, 0.5) is 0 Å². The third-order valence-corrected chi connectivity index (χ3v) is 2.81. The first-order valence-corrected chi connectivity index (χ1v) is 5.59. The highest BCUT2D eigenvalue weighted by atomic mass is 16.5. The molecule has 88 valence electrons. The molecule has 0 spiro atoms. The maximum atomic E-state index is 10.8. The fourth-order valence-electron chi connectivity index (χ4n) is 2.05. The third-order valence-electron chi connectivity index (χ3n) is 2.81. The first-order valence-electron chi connectivity index (χ1n) is 5.59. The molecular formula is C11H21NO3. The molecule has 0 amide bonds. The summed E-state index contributed by atoms with van der Waals surface area (Å²) in [5, 5.41) is 8.87. The molecule has 4 heteroatoms. The van der Waals surface area contributed by atoms with Crippen LogP contribution in [-0.2, 0) is 9.53 Å². The predicted molar refractivity (Wildman–Crippen MR) is 57.9 cm³/mol. The minimum atomic E-state index is -0.851. The van der Waals surface area contributed by atoms with Crippen LogP contribution >= 0.6 is 0 Å². The highest BCUT2D eigenvalue weighted by Gasteiger charge is 2.28. The summed E-state index contributed by atoms with van der Waals surface area (Å²) in [4.78, 5) is 13.0. The average Bonchev–Trinajstić information content (AvgIpc) is 2.17. The topological polar surface area (TPSA) is 49.8 Å². The summed E-state index contributed by atoms with van der Waals surface area (Å²) in [5.41, 5.74) is 0. The van der Waals surface area contributed by atoms with Crippen molar-refractivity contribution in [2.45, 2.75) is 39.3 Å². The summed E-state index contributed by atoms with van der Waals surface area (Å²) in [7, 11) is 0. The van der Waals surface area contributed by atoms with Crippen LogP contribution in [0.5, 0.6) is 0 Å². The highest BCUT2D eigenvalue weighted by molar-refractivity contribution is 5.72. The van der Waals surface area contributed by atoms with E-state index in [1.807, 2.05) is 0 Å². The summed E-state index contributed by atoms with van der Waals surface area (Å²) >= 11 is 0. The quantitative estimate of drug-likeness (QED) is 0.765. The van der Waals surface area contributed by atoms with E-state index in [1.165, 1.54) is 0 Å². The van der Waals surface area contributed by atoms with Gasteiger partial charge in [0.15, 0.2) is 6.10 Å². The molecule has 0 aromatic carbocycles. The summed E-state index contributed by atoms with van der Waals surface area (Å²) in [6.07, 6.45) is 0.458.